The summed E-state index contributed by atoms with van der Waals surface area (Å²) in [6, 6.07) is 8.84. The van der Waals surface area contributed by atoms with Crippen LogP contribution in [0, 0.1) is 12.7 Å². The van der Waals surface area contributed by atoms with E-state index in [-0.39, 0.29) is 41.1 Å². The van der Waals surface area contributed by atoms with Crippen molar-refractivity contribution in [3.63, 3.8) is 0 Å². The summed E-state index contributed by atoms with van der Waals surface area (Å²) >= 11 is 0. The first kappa shape index (κ1) is 23.2. The number of carboxylic acids is 1. The van der Waals surface area contributed by atoms with E-state index in [2.05, 4.69) is 25.6 Å². The van der Waals surface area contributed by atoms with Gasteiger partial charge in [0, 0.05) is 12.7 Å². The predicted octanol–water partition coefficient (Wildman–Crippen LogP) is 3.45. The number of carbonyl (C=O) groups is 3. The molecule has 0 aliphatic heterocycles. The number of nitrogens with one attached hydrogen (secondary N) is 3. The first-order valence-electron chi connectivity index (χ1n) is 11.3. The summed E-state index contributed by atoms with van der Waals surface area (Å²) in [6.45, 7) is 1.97. The number of benzene rings is 2. The van der Waals surface area contributed by atoms with Gasteiger partial charge in [-0.1, -0.05) is 18.2 Å². The molecule has 2 aromatic carbocycles. The number of hydrogen-bond donors (Lipinski definition) is 4. The first-order chi connectivity index (χ1) is 17.3. The van der Waals surface area contributed by atoms with Crippen LogP contribution < -0.4 is 10.6 Å². The van der Waals surface area contributed by atoms with Gasteiger partial charge < -0.3 is 20.7 Å². The van der Waals surface area contributed by atoms with Crippen molar-refractivity contribution in [1.82, 2.24) is 25.6 Å². The molecular formula is C26H22FN5O4. The molecule has 1 aliphatic rings. The Hall–Kier alpha value is -4.60. The van der Waals surface area contributed by atoms with E-state index in [0.717, 1.165) is 16.7 Å². The smallest absolute Gasteiger partial charge is 0.335 e. The van der Waals surface area contributed by atoms with Gasteiger partial charge in [0.1, 0.15) is 17.7 Å². The SMILES string of the molecule is Cc1c(C(=O)O)ccc2c1CC[C@@H]2NC(=O)c1c[nH]c2c(C(=O)NCc3ccc(F)cc3)ncnc12. The summed E-state index contributed by atoms with van der Waals surface area (Å²) in [6.07, 6.45) is 4.03. The monoisotopic (exact) mass is 487 g/mol. The van der Waals surface area contributed by atoms with E-state index in [1.165, 1.54) is 24.7 Å². The molecule has 4 N–H and O–H groups in total. The molecule has 1 atom stereocenters. The van der Waals surface area contributed by atoms with E-state index < -0.39 is 11.9 Å². The van der Waals surface area contributed by atoms with Crippen molar-refractivity contribution in [2.75, 3.05) is 0 Å². The van der Waals surface area contributed by atoms with Crippen LogP contribution in [0.25, 0.3) is 11.0 Å². The number of carbonyl (C=O) groups excluding carboxylic acids is 2. The molecule has 0 fully saturated rings. The van der Waals surface area contributed by atoms with Gasteiger partial charge in [-0.2, -0.15) is 0 Å². The molecule has 36 heavy (non-hydrogen) atoms. The van der Waals surface area contributed by atoms with Crippen molar-refractivity contribution in [2.24, 2.45) is 0 Å². The van der Waals surface area contributed by atoms with E-state index in [9.17, 15) is 23.9 Å². The van der Waals surface area contributed by atoms with Crippen LogP contribution in [0.15, 0.2) is 48.9 Å². The maximum atomic E-state index is 13.1. The maximum Gasteiger partial charge on any atom is 0.335 e. The number of halogens is 1. The number of fused-ring (bicyclic) bond motifs is 2. The molecule has 9 nitrogen and oxygen atoms in total. The number of amides is 2. The molecule has 2 aromatic heterocycles. The second kappa shape index (κ2) is 9.21. The number of carboxylic acid groups (broad SMARTS) is 1. The minimum absolute atomic E-state index is 0.0872. The average molecular weight is 487 g/mol. The Morgan fingerprint density at radius 2 is 1.86 bits per heavy atom. The highest BCUT2D eigenvalue weighted by molar-refractivity contribution is 6.10. The molecule has 1 aliphatic carbocycles. The van der Waals surface area contributed by atoms with Crippen LogP contribution in [-0.4, -0.2) is 37.8 Å². The lowest BCUT2D eigenvalue weighted by Gasteiger charge is -2.15. The Bertz CT molecular complexity index is 1510. The minimum Gasteiger partial charge on any atom is -0.478 e. The molecule has 2 heterocycles. The predicted molar refractivity (Wildman–Crippen MR) is 128 cm³/mol. The Balaban J connectivity index is 1.34. The fourth-order valence-electron chi connectivity index (χ4n) is 4.65. The molecule has 0 spiro atoms. The molecular weight excluding hydrogens is 465 g/mol. The zero-order valence-electron chi connectivity index (χ0n) is 19.3. The number of rotatable bonds is 6. The highest BCUT2D eigenvalue weighted by atomic mass is 19.1. The van der Waals surface area contributed by atoms with Gasteiger partial charge >= 0.3 is 5.97 Å². The molecule has 0 unspecified atom stereocenters. The van der Waals surface area contributed by atoms with E-state index in [1.54, 1.807) is 31.2 Å². The molecule has 0 radical (unpaired) electrons. The van der Waals surface area contributed by atoms with Gasteiger partial charge in [0.05, 0.1) is 22.7 Å². The fourth-order valence-corrected chi connectivity index (χ4v) is 4.65. The van der Waals surface area contributed by atoms with E-state index in [0.29, 0.717) is 29.4 Å². The number of aromatic amines is 1. The molecule has 0 saturated carbocycles. The summed E-state index contributed by atoms with van der Waals surface area (Å²) in [5, 5.41) is 15.1. The lowest BCUT2D eigenvalue weighted by atomic mass is 9.98. The van der Waals surface area contributed by atoms with E-state index in [4.69, 9.17) is 0 Å². The van der Waals surface area contributed by atoms with Crippen LogP contribution in [0.5, 0.6) is 0 Å². The average Bonchev–Trinajstić information content (AvgIpc) is 3.48. The van der Waals surface area contributed by atoms with Gasteiger partial charge in [-0.3, -0.25) is 9.59 Å². The Labute approximate surface area is 204 Å². The second-order valence-corrected chi connectivity index (χ2v) is 8.63. The second-order valence-electron chi connectivity index (χ2n) is 8.63. The van der Waals surface area contributed by atoms with Crippen molar-refractivity contribution in [3.05, 3.63) is 93.8 Å². The summed E-state index contributed by atoms with van der Waals surface area (Å²) in [5.74, 6) is -2.16. The zero-order chi connectivity index (χ0) is 25.4. The van der Waals surface area contributed by atoms with E-state index >= 15 is 0 Å². The molecule has 5 rings (SSSR count). The standard InChI is InChI=1S/C26H22FN5O4/c1-13-16-8-9-20(18(16)7-6-17(13)26(35)36)32-24(33)19-11-28-22-21(19)30-12-31-23(22)25(34)29-10-14-2-4-15(27)5-3-14/h2-7,11-12,20,28H,8-10H2,1H3,(H,29,34)(H,32,33)(H,35,36)/t20-/m0/s1. The number of H-pyrrole nitrogens is 1. The first-order valence-corrected chi connectivity index (χ1v) is 11.3. The van der Waals surface area contributed by atoms with Gasteiger partial charge in [-0.25, -0.2) is 19.2 Å². The van der Waals surface area contributed by atoms with Gasteiger partial charge in [0.25, 0.3) is 11.8 Å². The Morgan fingerprint density at radius 3 is 2.61 bits per heavy atom. The van der Waals surface area contributed by atoms with Crippen LogP contribution >= 0.6 is 0 Å². The molecule has 4 aromatic rings. The van der Waals surface area contributed by atoms with Crippen molar-refractivity contribution < 1.29 is 23.9 Å². The van der Waals surface area contributed by atoms with Crippen LogP contribution in [0.3, 0.4) is 0 Å². The molecule has 10 heteroatoms. The van der Waals surface area contributed by atoms with Crippen molar-refractivity contribution in [3.8, 4) is 0 Å². The van der Waals surface area contributed by atoms with Gasteiger partial charge in [-0.05, 0) is 60.2 Å². The minimum atomic E-state index is -0.973. The van der Waals surface area contributed by atoms with Crippen LogP contribution in [0.2, 0.25) is 0 Å². The van der Waals surface area contributed by atoms with Crippen LogP contribution in [-0.2, 0) is 13.0 Å². The van der Waals surface area contributed by atoms with Crippen LogP contribution in [0.4, 0.5) is 4.39 Å². The molecule has 2 amide bonds. The topological polar surface area (TPSA) is 137 Å². The number of aromatic carboxylic acids is 1. The lowest BCUT2D eigenvalue weighted by molar-refractivity contribution is 0.0695. The lowest BCUT2D eigenvalue weighted by Crippen LogP contribution is -2.27. The summed E-state index contributed by atoms with van der Waals surface area (Å²) in [4.78, 5) is 48.6. The third-order valence-corrected chi connectivity index (χ3v) is 6.52. The van der Waals surface area contributed by atoms with E-state index in [1.807, 2.05) is 0 Å². The molecule has 0 saturated heterocycles. The highest BCUT2D eigenvalue weighted by Crippen LogP contribution is 2.35. The summed E-state index contributed by atoms with van der Waals surface area (Å²) in [5.41, 5.74) is 4.55. The Kier molecular flexibility index (Phi) is 5.93. The fraction of sp³-hybridized carbons (Fsp3) is 0.192. The van der Waals surface area contributed by atoms with Crippen LogP contribution in [0.1, 0.15) is 65.9 Å². The highest BCUT2D eigenvalue weighted by Gasteiger charge is 2.29. The van der Waals surface area contributed by atoms with Gasteiger partial charge in [0.15, 0.2) is 5.69 Å². The number of nitrogens with zero attached hydrogens (tertiary/aromatic N) is 2. The van der Waals surface area contributed by atoms with Gasteiger partial charge in [-0.15, -0.1) is 0 Å². The largest absolute Gasteiger partial charge is 0.478 e. The third kappa shape index (κ3) is 4.17. The van der Waals surface area contributed by atoms with Gasteiger partial charge in [0.2, 0.25) is 0 Å². The third-order valence-electron chi connectivity index (χ3n) is 6.52. The zero-order valence-corrected chi connectivity index (χ0v) is 19.3. The number of hydrogen-bond acceptors (Lipinski definition) is 5. The maximum absolute atomic E-state index is 13.1. The number of aromatic nitrogens is 3. The normalized spacial score (nSPS) is 14.4. The van der Waals surface area contributed by atoms with Crippen molar-refractivity contribution >= 4 is 28.8 Å². The molecule has 0 bridgehead atoms. The Morgan fingerprint density at radius 1 is 1.08 bits per heavy atom. The van der Waals surface area contributed by atoms with Crippen molar-refractivity contribution in [2.45, 2.75) is 32.4 Å². The summed E-state index contributed by atoms with van der Waals surface area (Å²) in [7, 11) is 0. The quantitative estimate of drug-likeness (QED) is 0.329. The van der Waals surface area contributed by atoms with Crippen molar-refractivity contribution in [1.29, 1.82) is 0 Å². The summed E-state index contributed by atoms with van der Waals surface area (Å²) < 4.78 is 13.1. The molecule has 182 valence electrons.